The summed E-state index contributed by atoms with van der Waals surface area (Å²) in [5.41, 5.74) is 2.43. The molecule has 16 heavy (non-hydrogen) atoms. The van der Waals surface area contributed by atoms with E-state index in [1.165, 1.54) is 19.3 Å². The van der Waals surface area contributed by atoms with Crippen molar-refractivity contribution in [2.45, 2.75) is 44.1 Å². The van der Waals surface area contributed by atoms with Crippen molar-refractivity contribution >= 4 is 10.4 Å². The van der Waals surface area contributed by atoms with Gasteiger partial charge in [0.1, 0.15) is 0 Å². The minimum absolute atomic E-state index is 0.204. The zero-order valence-corrected chi connectivity index (χ0v) is 9.87. The van der Waals surface area contributed by atoms with Gasteiger partial charge in [0.15, 0.2) is 0 Å². The Balaban J connectivity index is 1.74. The highest BCUT2D eigenvalue weighted by Crippen LogP contribution is 2.55. The molecule has 0 aliphatic heterocycles. The highest BCUT2D eigenvalue weighted by atomic mass is 32.3. The molecule has 2 N–H and O–H groups in total. The Morgan fingerprint density at radius 2 is 1.50 bits per heavy atom. The molecule has 0 unspecified atom stereocenters. The average molecular weight is 247 g/mol. The van der Waals surface area contributed by atoms with Gasteiger partial charge in [0.25, 0.3) is 0 Å². The van der Waals surface area contributed by atoms with E-state index in [2.05, 4.69) is 9.76 Å². The summed E-state index contributed by atoms with van der Waals surface area (Å²) in [5.74, 6) is 2.14. The Hall–Kier alpha value is -0.170. The summed E-state index contributed by atoms with van der Waals surface area (Å²) in [5, 5.41) is 0. The van der Waals surface area contributed by atoms with E-state index in [1.54, 1.807) is 0 Å². The van der Waals surface area contributed by atoms with E-state index in [-0.39, 0.29) is 5.54 Å². The molecule has 4 saturated carbocycles. The predicted molar refractivity (Wildman–Crippen MR) is 56.7 cm³/mol. The Bertz CT molecular complexity index is 356. The van der Waals surface area contributed by atoms with Gasteiger partial charge in [-0.05, 0) is 56.3 Å². The van der Waals surface area contributed by atoms with Crippen LogP contribution in [-0.2, 0) is 14.7 Å². The number of hydrogen-bond acceptors (Lipinski definition) is 4. The molecule has 4 aliphatic carbocycles. The first-order valence-corrected chi connectivity index (χ1v) is 7.24. The van der Waals surface area contributed by atoms with Crippen LogP contribution in [0.15, 0.2) is 0 Å². The van der Waals surface area contributed by atoms with Crippen LogP contribution in [0.25, 0.3) is 0 Å². The maximum Gasteiger partial charge on any atom is 0.413 e. The van der Waals surface area contributed by atoms with E-state index in [0.717, 1.165) is 19.3 Å². The molecule has 0 spiro atoms. The van der Waals surface area contributed by atoms with Crippen LogP contribution in [0.1, 0.15) is 38.5 Å². The van der Waals surface area contributed by atoms with Gasteiger partial charge in [-0.3, -0.25) is 4.55 Å². The smallest absolute Gasteiger partial charge is 0.262 e. The highest BCUT2D eigenvalue weighted by molar-refractivity contribution is 7.80. The SMILES string of the molecule is O=S(=O)(O)ONC12CC3CC(CC(C3)C1)C2. The fourth-order valence-electron chi connectivity index (χ4n) is 4.38. The molecule has 0 aromatic heterocycles. The van der Waals surface area contributed by atoms with Crippen LogP contribution in [0.4, 0.5) is 0 Å². The fraction of sp³-hybridized carbons (Fsp3) is 1.00. The van der Waals surface area contributed by atoms with Crippen LogP contribution in [0.2, 0.25) is 0 Å². The predicted octanol–water partition coefficient (Wildman–Crippen LogP) is 1.28. The lowest BCUT2D eigenvalue weighted by Crippen LogP contribution is -2.58. The Morgan fingerprint density at radius 1 is 1.06 bits per heavy atom. The molecule has 4 aliphatic rings. The summed E-state index contributed by atoms with van der Waals surface area (Å²) in [7, 11) is -4.38. The summed E-state index contributed by atoms with van der Waals surface area (Å²) in [6.07, 6.45) is 6.80. The third-order valence-corrected chi connectivity index (χ3v) is 4.70. The molecule has 0 atom stereocenters. The third kappa shape index (κ3) is 1.99. The summed E-state index contributed by atoms with van der Waals surface area (Å²) in [6.45, 7) is 0. The van der Waals surface area contributed by atoms with Crippen molar-refractivity contribution in [1.29, 1.82) is 0 Å². The average Bonchev–Trinajstić information content (AvgIpc) is 2.11. The largest absolute Gasteiger partial charge is 0.413 e. The van der Waals surface area contributed by atoms with Gasteiger partial charge in [-0.1, -0.05) is 0 Å². The van der Waals surface area contributed by atoms with Crippen LogP contribution < -0.4 is 5.48 Å². The Kier molecular flexibility index (Phi) is 2.34. The maximum atomic E-state index is 10.6. The van der Waals surface area contributed by atoms with Gasteiger partial charge in [-0.15, -0.1) is 0 Å². The number of rotatable bonds is 3. The first kappa shape index (κ1) is 11.0. The molecule has 92 valence electrons. The zero-order chi connectivity index (χ0) is 11.4. The van der Waals surface area contributed by atoms with E-state index in [4.69, 9.17) is 4.55 Å². The van der Waals surface area contributed by atoms with Gasteiger partial charge in [0.05, 0.1) is 0 Å². The molecule has 0 amide bonds. The van der Waals surface area contributed by atoms with E-state index in [9.17, 15) is 8.42 Å². The Labute approximate surface area is 95.5 Å². The molecule has 5 nitrogen and oxygen atoms in total. The van der Waals surface area contributed by atoms with Crippen LogP contribution in [0.3, 0.4) is 0 Å². The van der Waals surface area contributed by atoms with Crippen molar-refractivity contribution in [3.8, 4) is 0 Å². The van der Waals surface area contributed by atoms with Gasteiger partial charge in [-0.2, -0.15) is 18.2 Å². The zero-order valence-electron chi connectivity index (χ0n) is 9.05. The van der Waals surface area contributed by atoms with Crippen molar-refractivity contribution in [1.82, 2.24) is 5.48 Å². The van der Waals surface area contributed by atoms with Crippen LogP contribution >= 0.6 is 0 Å². The summed E-state index contributed by atoms with van der Waals surface area (Å²) < 4.78 is 34.2. The molecule has 4 bridgehead atoms. The standard InChI is InChI=1S/C10H17NO4S/c12-16(13,14)15-11-10-4-7-1-8(5-10)3-9(2-7)6-10/h7-9,11H,1-6H2,(H,12,13,14). The summed E-state index contributed by atoms with van der Waals surface area (Å²) in [4.78, 5) is 0. The minimum Gasteiger partial charge on any atom is -0.262 e. The third-order valence-electron chi connectivity index (χ3n) is 4.40. The molecular weight excluding hydrogens is 230 g/mol. The number of hydroxylamine groups is 1. The first-order valence-electron chi connectivity index (χ1n) is 5.87. The number of hydrogen-bond donors (Lipinski definition) is 2. The van der Waals surface area contributed by atoms with Crippen LogP contribution in [0.5, 0.6) is 0 Å². The number of nitrogens with one attached hydrogen (secondary N) is 1. The summed E-state index contributed by atoms with van der Waals surface area (Å²) >= 11 is 0. The van der Waals surface area contributed by atoms with E-state index in [0.29, 0.717) is 17.8 Å². The molecule has 0 radical (unpaired) electrons. The van der Waals surface area contributed by atoms with Crippen LogP contribution in [0, 0.1) is 17.8 Å². The second-order valence-electron chi connectivity index (χ2n) is 5.81. The minimum atomic E-state index is -4.38. The van der Waals surface area contributed by atoms with Crippen molar-refractivity contribution in [3.05, 3.63) is 0 Å². The van der Waals surface area contributed by atoms with Crippen molar-refractivity contribution in [3.63, 3.8) is 0 Å². The van der Waals surface area contributed by atoms with Gasteiger partial charge in [0.2, 0.25) is 0 Å². The molecule has 6 heteroatoms. The van der Waals surface area contributed by atoms with Gasteiger partial charge >= 0.3 is 10.4 Å². The lowest BCUT2D eigenvalue weighted by Gasteiger charge is -2.56. The molecule has 0 heterocycles. The molecule has 0 aromatic rings. The van der Waals surface area contributed by atoms with Crippen molar-refractivity contribution in [2.24, 2.45) is 17.8 Å². The molecule has 0 saturated heterocycles. The fourth-order valence-corrected chi connectivity index (χ4v) is 4.66. The monoisotopic (exact) mass is 247 g/mol. The van der Waals surface area contributed by atoms with Gasteiger partial charge < -0.3 is 0 Å². The molecular formula is C10H17NO4S. The first-order chi connectivity index (χ1) is 7.44. The molecule has 4 fully saturated rings. The van der Waals surface area contributed by atoms with E-state index in [1.807, 2.05) is 0 Å². The van der Waals surface area contributed by atoms with Crippen molar-refractivity contribution in [2.75, 3.05) is 0 Å². The lowest BCUT2D eigenvalue weighted by molar-refractivity contribution is -0.0697. The maximum absolute atomic E-state index is 10.6. The normalized spacial score (nSPS) is 46.2. The van der Waals surface area contributed by atoms with Crippen LogP contribution in [-0.4, -0.2) is 18.5 Å². The van der Waals surface area contributed by atoms with Gasteiger partial charge in [-0.25, -0.2) is 0 Å². The van der Waals surface area contributed by atoms with E-state index < -0.39 is 10.4 Å². The van der Waals surface area contributed by atoms with Gasteiger partial charge in [0, 0.05) is 5.54 Å². The summed E-state index contributed by atoms with van der Waals surface area (Å²) in [6, 6.07) is 0. The van der Waals surface area contributed by atoms with Crippen molar-refractivity contribution < 1.29 is 17.3 Å². The molecule has 4 rings (SSSR count). The second-order valence-corrected chi connectivity index (χ2v) is 6.83. The quantitative estimate of drug-likeness (QED) is 0.580. The second kappa shape index (κ2) is 3.41. The lowest BCUT2D eigenvalue weighted by atomic mass is 9.53. The molecule has 0 aromatic carbocycles. The Morgan fingerprint density at radius 3 is 1.88 bits per heavy atom. The highest BCUT2D eigenvalue weighted by Gasteiger charge is 2.51. The van der Waals surface area contributed by atoms with E-state index >= 15 is 0 Å². The topological polar surface area (TPSA) is 75.6 Å².